The molecule has 0 aliphatic heterocycles. The number of hydrogen-bond donors (Lipinski definition) is 0. The molecule has 0 saturated heterocycles. The Balaban J connectivity index is 1.22. The molecule has 6 aromatic carbocycles. The number of aromatic nitrogens is 4. The first-order chi connectivity index (χ1) is 24.8. The van der Waals surface area contributed by atoms with E-state index in [9.17, 15) is 0 Å². The third-order valence-corrected chi connectivity index (χ3v) is 9.71. The van der Waals surface area contributed by atoms with Crippen molar-refractivity contribution in [3.05, 3.63) is 182 Å². The zero-order valence-corrected chi connectivity index (χ0v) is 27.1. The van der Waals surface area contributed by atoms with Gasteiger partial charge in [0.1, 0.15) is 5.82 Å². The van der Waals surface area contributed by atoms with Crippen molar-refractivity contribution in [1.29, 1.82) is 0 Å². The van der Waals surface area contributed by atoms with Gasteiger partial charge in [0.25, 0.3) is 0 Å². The van der Waals surface area contributed by atoms with Gasteiger partial charge < -0.3 is 4.57 Å². The molecule has 234 valence electrons. The van der Waals surface area contributed by atoms with E-state index in [4.69, 9.17) is 9.97 Å². The van der Waals surface area contributed by atoms with Crippen LogP contribution in [0.15, 0.2) is 182 Å². The topological polar surface area (TPSA) is 35.6 Å². The maximum Gasteiger partial charge on any atom is 0.138 e. The van der Waals surface area contributed by atoms with Gasteiger partial charge >= 0.3 is 0 Å². The van der Waals surface area contributed by atoms with Crippen LogP contribution in [0.25, 0.3) is 88.9 Å². The SMILES string of the molecule is c1ccc(-c2cc(-c3ccccc3)nc(-c3cccc(-n4c5ccccc5c5cc6c7ccccc7n(-c7ccccc7)c6cc54)n3)c2)cc1. The maximum absolute atomic E-state index is 5.35. The Morgan fingerprint density at radius 1 is 0.300 bits per heavy atom. The molecule has 0 saturated carbocycles. The number of para-hydroxylation sites is 3. The molecule has 0 unspecified atom stereocenters. The smallest absolute Gasteiger partial charge is 0.138 e. The molecular weight excluding hydrogens is 609 g/mol. The fourth-order valence-electron chi connectivity index (χ4n) is 7.44. The lowest BCUT2D eigenvalue weighted by molar-refractivity contribution is 1.08. The first-order valence-corrected chi connectivity index (χ1v) is 16.9. The fourth-order valence-corrected chi connectivity index (χ4v) is 7.44. The van der Waals surface area contributed by atoms with Gasteiger partial charge in [-0.3, -0.25) is 4.57 Å². The average molecular weight is 639 g/mol. The van der Waals surface area contributed by atoms with Crippen molar-refractivity contribution in [2.24, 2.45) is 0 Å². The molecule has 4 aromatic heterocycles. The van der Waals surface area contributed by atoms with Crippen LogP contribution in [-0.2, 0) is 0 Å². The zero-order chi connectivity index (χ0) is 33.0. The third-order valence-electron chi connectivity index (χ3n) is 9.71. The van der Waals surface area contributed by atoms with E-state index in [1.165, 1.54) is 27.1 Å². The van der Waals surface area contributed by atoms with Crippen LogP contribution < -0.4 is 0 Å². The molecule has 0 aliphatic rings. The Kier molecular flexibility index (Phi) is 6.46. The van der Waals surface area contributed by atoms with Crippen LogP contribution in [0.2, 0.25) is 0 Å². The van der Waals surface area contributed by atoms with Crippen LogP contribution in [0, 0.1) is 0 Å². The van der Waals surface area contributed by atoms with E-state index in [2.05, 4.69) is 179 Å². The molecule has 4 heteroatoms. The molecule has 50 heavy (non-hydrogen) atoms. The van der Waals surface area contributed by atoms with Crippen molar-refractivity contribution in [1.82, 2.24) is 19.1 Å². The van der Waals surface area contributed by atoms with Crippen molar-refractivity contribution in [2.45, 2.75) is 0 Å². The van der Waals surface area contributed by atoms with Gasteiger partial charge in [-0.05, 0) is 71.8 Å². The minimum atomic E-state index is 0.822. The molecule has 0 bridgehead atoms. The van der Waals surface area contributed by atoms with Gasteiger partial charge in [-0.1, -0.05) is 121 Å². The van der Waals surface area contributed by atoms with Gasteiger partial charge in [-0.15, -0.1) is 0 Å². The normalized spacial score (nSPS) is 11.6. The lowest BCUT2D eigenvalue weighted by Gasteiger charge is -2.12. The minimum absolute atomic E-state index is 0.822. The van der Waals surface area contributed by atoms with E-state index >= 15 is 0 Å². The van der Waals surface area contributed by atoms with E-state index in [-0.39, 0.29) is 0 Å². The van der Waals surface area contributed by atoms with Crippen molar-refractivity contribution < 1.29 is 0 Å². The zero-order valence-electron chi connectivity index (χ0n) is 27.1. The molecule has 0 radical (unpaired) electrons. The van der Waals surface area contributed by atoms with Gasteiger partial charge in [0.15, 0.2) is 0 Å². The molecule has 0 aliphatic carbocycles. The summed E-state index contributed by atoms with van der Waals surface area (Å²) in [6.45, 7) is 0. The second-order valence-corrected chi connectivity index (χ2v) is 12.7. The van der Waals surface area contributed by atoms with Gasteiger partial charge in [0, 0.05) is 32.8 Å². The summed E-state index contributed by atoms with van der Waals surface area (Å²) in [5.74, 6) is 0.851. The maximum atomic E-state index is 5.35. The van der Waals surface area contributed by atoms with Crippen LogP contribution in [-0.4, -0.2) is 19.1 Å². The van der Waals surface area contributed by atoms with Gasteiger partial charge in [-0.2, -0.15) is 0 Å². The lowest BCUT2D eigenvalue weighted by Crippen LogP contribution is -2.00. The number of pyridine rings is 2. The van der Waals surface area contributed by atoms with Crippen LogP contribution in [0.1, 0.15) is 0 Å². The Labute approximate surface area is 289 Å². The van der Waals surface area contributed by atoms with E-state index in [0.29, 0.717) is 0 Å². The first-order valence-electron chi connectivity index (χ1n) is 16.9. The third kappa shape index (κ3) is 4.54. The van der Waals surface area contributed by atoms with Crippen molar-refractivity contribution >= 4 is 43.6 Å². The summed E-state index contributed by atoms with van der Waals surface area (Å²) in [6.07, 6.45) is 0. The molecular formula is C46H30N4. The highest BCUT2D eigenvalue weighted by Crippen LogP contribution is 2.39. The summed E-state index contributed by atoms with van der Waals surface area (Å²) in [6, 6.07) is 64.1. The van der Waals surface area contributed by atoms with Crippen LogP contribution in [0.4, 0.5) is 0 Å². The molecule has 10 aromatic rings. The van der Waals surface area contributed by atoms with Crippen molar-refractivity contribution in [3.63, 3.8) is 0 Å². The Bertz CT molecular complexity index is 2790. The van der Waals surface area contributed by atoms with Crippen LogP contribution >= 0.6 is 0 Å². The number of fused-ring (bicyclic) bond motifs is 6. The highest BCUT2D eigenvalue weighted by atomic mass is 15.1. The van der Waals surface area contributed by atoms with Crippen molar-refractivity contribution in [2.75, 3.05) is 0 Å². The fraction of sp³-hybridized carbons (Fsp3) is 0. The highest BCUT2D eigenvalue weighted by molar-refractivity contribution is 6.19. The van der Waals surface area contributed by atoms with Crippen LogP contribution in [0.3, 0.4) is 0 Å². The standard InChI is InChI=1S/C46H30N4/c1-4-15-31(16-5-1)33-27-40(32-17-6-2-7-18-32)47-41(28-33)39-23-14-26-46(48-39)50-43-25-13-11-22-36(43)38-29-37-35-21-10-12-24-42(35)49(44(37)30-45(38)50)34-19-8-3-9-20-34/h1-30H. The summed E-state index contributed by atoms with van der Waals surface area (Å²) in [5, 5.41) is 4.87. The van der Waals surface area contributed by atoms with Crippen LogP contribution in [0.5, 0.6) is 0 Å². The molecule has 4 nitrogen and oxygen atoms in total. The summed E-state index contributed by atoms with van der Waals surface area (Å²) >= 11 is 0. The first kappa shape index (κ1) is 28.3. The quantitative estimate of drug-likeness (QED) is 0.188. The molecule has 0 N–H and O–H groups in total. The predicted molar refractivity (Wildman–Crippen MR) is 207 cm³/mol. The van der Waals surface area contributed by atoms with Gasteiger partial charge in [0.2, 0.25) is 0 Å². The number of rotatable bonds is 5. The minimum Gasteiger partial charge on any atom is -0.309 e. The Morgan fingerprint density at radius 2 is 0.860 bits per heavy atom. The molecule has 10 rings (SSSR count). The number of hydrogen-bond acceptors (Lipinski definition) is 2. The molecule has 4 heterocycles. The Hall–Kier alpha value is -6.78. The molecule has 0 fully saturated rings. The van der Waals surface area contributed by atoms with E-state index in [0.717, 1.165) is 61.8 Å². The molecule has 0 atom stereocenters. The summed E-state index contributed by atoms with van der Waals surface area (Å²) in [5.41, 5.74) is 11.6. The molecule has 0 spiro atoms. The monoisotopic (exact) mass is 638 g/mol. The summed E-state index contributed by atoms with van der Waals surface area (Å²) in [4.78, 5) is 10.5. The van der Waals surface area contributed by atoms with E-state index in [1.807, 2.05) is 12.1 Å². The average Bonchev–Trinajstić information content (AvgIpc) is 3.70. The lowest BCUT2D eigenvalue weighted by atomic mass is 10.0. The Morgan fingerprint density at radius 3 is 1.56 bits per heavy atom. The van der Waals surface area contributed by atoms with E-state index < -0.39 is 0 Å². The predicted octanol–water partition coefficient (Wildman–Crippen LogP) is 11.7. The second-order valence-electron chi connectivity index (χ2n) is 12.7. The van der Waals surface area contributed by atoms with Crippen molar-refractivity contribution in [3.8, 4) is 45.3 Å². The number of benzene rings is 6. The highest BCUT2D eigenvalue weighted by Gasteiger charge is 2.19. The van der Waals surface area contributed by atoms with Gasteiger partial charge in [0.05, 0.1) is 39.1 Å². The summed E-state index contributed by atoms with van der Waals surface area (Å²) < 4.78 is 4.68. The van der Waals surface area contributed by atoms with Gasteiger partial charge in [-0.25, -0.2) is 9.97 Å². The largest absolute Gasteiger partial charge is 0.309 e. The molecule has 0 amide bonds. The second kappa shape index (κ2) is 11.4. The number of nitrogens with zero attached hydrogens (tertiary/aromatic N) is 4. The summed E-state index contributed by atoms with van der Waals surface area (Å²) in [7, 11) is 0. The van der Waals surface area contributed by atoms with E-state index in [1.54, 1.807) is 0 Å².